The van der Waals surface area contributed by atoms with Gasteiger partial charge in [0.05, 0.1) is 0 Å². The summed E-state index contributed by atoms with van der Waals surface area (Å²) in [6.07, 6.45) is 1.14. The van der Waals surface area contributed by atoms with E-state index in [1.165, 1.54) is 0 Å². The fraction of sp³-hybridized carbons (Fsp3) is 0.500. The van der Waals surface area contributed by atoms with Gasteiger partial charge in [0.25, 0.3) is 0 Å². The van der Waals surface area contributed by atoms with E-state index in [1.54, 1.807) is 6.07 Å². The van der Waals surface area contributed by atoms with Gasteiger partial charge in [0.1, 0.15) is 0 Å². The molecule has 0 heterocycles. The minimum absolute atomic E-state index is 0.687. The highest BCUT2D eigenvalue weighted by molar-refractivity contribution is 6.35. The van der Waals surface area contributed by atoms with Crippen molar-refractivity contribution in [3.8, 4) is 0 Å². The van der Waals surface area contributed by atoms with Gasteiger partial charge in [-0.3, -0.25) is 0 Å². The van der Waals surface area contributed by atoms with E-state index in [2.05, 4.69) is 17.3 Å². The lowest BCUT2D eigenvalue weighted by Crippen LogP contribution is -2.22. The van der Waals surface area contributed by atoms with Crippen LogP contribution in [0.5, 0.6) is 0 Å². The van der Waals surface area contributed by atoms with Crippen LogP contribution in [0.1, 0.15) is 12.0 Å². The summed E-state index contributed by atoms with van der Waals surface area (Å²) in [7, 11) is 4.07. The second-order valence-corrected chi connectivity index (χ2v) is 4.77. The van der Waals surface area contributed by atoms with Crippen LogP contribution >= 0.6 is 23.2 Å². The molecule has 0 saturated heterocycles. The molecule has 16 heavy (non-hydrogen) atoms. The first-order valence-electron chi connectivity index (χ1n) is 5.40. The first-order valence-corrected chi connectivity index (χ1v) is 6.16. The van der Waals surface area contributed by atoms with Crippen LogP contribution < -0.4 is 5.32 Å². The van der Waals surface area contributed by atoms with E-state index in [0.29, 0.717) is 5.02 Å². The minimum atomic E-state index is 0.687. The summed E-state index contributed by atoms with van der Waals surface area (Å²) < 4.78 is 0. The largest absolute Gasteiger partial charge is 0.320 e. The van der Waals surface area contributed by atoms with Crippen molar-refractivity contribution < 1.29 is 0 Å². The molecule has 0 saturated carbocycles. The van der Waals surface area contributed by atoms with Crippen LogP contribution in [0, 0.1) is 0 Å². The molecule has 4 heteroatoms. The monoisotopic (exact) mass is 260 g/mol. The van der Waals surface area contributed by atoms with Crippen molar-refractivity contribution in [3.05, 3.63) is 33.8 Å². The van der Waals surface area contributed by atoms with Crippen molar-refractivity contribution in [1.29, 1.82) is 0 Å². The smallest absolute Gasteiger partial charge is 0.0465 e. The molecule has 0 bridgehead atoms. The summed E-state index contributed by atoms with van der Waals surface area (Å²) >= 11 is 12.0. The van der Waals surface area contributed by atoms with E-state index in [0.717, 1.165) is 36.6 Å². The predicted octanol–water partition coefficient (Wildman–Crippen LogP) is 3.03. The lowest BCUT2D eigenvalue weighted by atomic mass is 10.2. The van der Waals surface area contributed by atoms with Gasteiger partial charge in [-0.15, -0.1) is 0 Å². The molecule has 0 aromatic heterocycles. The van der Waals surface area contributed by atoms with E-state index >= 15 is 0 Å². The van der Waals surface area contributed by atoms with Gasteiger partial charge in [-0.2, -0.15) is 0 Å². The van der Waals surface area contributed by atoms with Gasteiger partial charge in [-0.25, -0.2) is 0 Å². The third-order valence-electron chi connectivity index (χ3n) is 2.42. The topological polar surface area (TPSA) is 15.3 Å². The van der Waals surface area contributed by atoms with Crippen LogP contribution in [0.2, 0.25) is 10.0 Å². The van der Waals surface area contributed by atoms with Gasteiger partial charge in [0, 0.05) is 16.6 Å². The second-order valence-electron chi connectivity index (χ2n) is 3.93. The van der Waals surface area contributed by atoms with Crippen LogP contribution in [-0.4, -0.2) is 32.1 Å². The highest BCUT2D eigenvalue weighted by Crippen LogP contribution is 2.21. The number of hydrogen-bond donors (Lipinski definition) is 1. The van der Waals surface area contributed by atoms with Crippen molar-refractivity contribution in [2.45, 2.75) is 13.0 Å². The van der Waals surface area contributed by atoms with Crippen molar-refractivity contribution in [2.24, 2.45) is 0 Å². The Balaban J connectivity index is 2.46. The third-order valence-corrected chi connectivity index (χ3v) is 3.01. The molecule has 0 unspecified atom stereocenters. The molecule has 1 N–H and O–H groups in total. The maximum absolute atomic E-state index is 6.11. The Hall–Kier alpha value is -0.280. The van der Waals surface area contributed by atoms with Crippen LogP contribution in [0.3, 0.4) is 0 Å². The summed E-state index contributed by atoms with van der Waals surface area (Å²) in [4.78, 5) is 2.26. The first-order chi connectivity index (χ1) is 7.63. The molecule has 0 spiro atoms. The van der Waals surface area contributed by atoms with E-state index in [1.807, 2.05) is 19.2 Å². The maximum atomic E-state index is 6.11. The average Bonchev–Trinajstić information content (AvgIpc) is 2.23. The fourth-order valence-electron chi connectivity index (χ4n) is 1.55. The molecule has 2 nitrogen and oxygen atoms in total. The first kappa shape index (κ1) is 13.8. The average molecular weight is 261 g/mol. The SMILES string of the molecule is CNCCCN(C)Cc1ccc(Cl)cc1Cl. The molecule has 0 aliphatic carbocycles. The number of nitrogens with one attached hydrogen (secondary N) is 1. The molecule has 1 aromatic rings. The molecule has 1 aromatic carbocycles. The Bertz CT molecular complexity index is 329. The van der Waals surface area contributed by atoms with Crippen LogP contribution in [0.25, 0.3) is 0 Å². The highest BCUT2D eigenvalue weighted by atomic mass is 35.5. The van der Waals surface area contributed by atoms with Gasteiger partial charge in [-0.05, 0) is 51.3 Å². The van der Waals surface area contributed by atoms with Crippen molar-refractivity contribution in [3.63, 3.8) is 0 Å². The molecular formula is C12H18Cl2N2. The molecule has 90 valence electrons. The zero-order valence-corrected chi connectivity index (χ0v) is 11.3. The summed E-state index contributed by atoms with van der Waals surface area (Å²) in [5.41, 5.74) is 1.12. The Kier molecular flexibility index (Phi) is 6.14. The Morgan fingerprint density at radius 1 is 1.31 bits per heavy atom. The van der Waals surface area contributed by atoms with Crippen molar-refractivity contribution in [2.75, 3.05) is 27.2 Å². The summed E-state index contributed by atoms with van der Waals surface area (Å²) in [6.45, 7) is 2.96. The number of nitrogens with zero attached hydrogens (tertiary/aromatic N) is 1. The molecule has 0 radical (unpaired) electrons. The predicted molar refractivity (Wildman–Crippen MR) is 71.3 cm³/mol. The summed E-state index contributed by atoms with van der Waals surface area (Å²) in [6, 6.07) is 5.66. The van der Waals surface area contributed by atoms with Gasteiger partial charge < -0.3 is 10.2 Å². The van der Waals surface area contributed by atoms with Gasteiger partial charge in [0.2, 0.25) is 0 Å². The third kappa shape index (κ3) is 4.71. The summed E-state index contributed by atoms with van der Waals surface area (Å²) in [5, 5.41) is 4.57. The molecule has 0 aliphatic rings. The fourth-order valence-corrected chi connectivity index (χ4v) is 2.01. The molecular weight excluding hydrogens is 243 g/mol. The zero-order chi connectivity index (χ0) is 12.0. The van der Waals surface area contributed by atoms with E-state index in [4.69, 9.17) is 23.2 Å². The second kappa shape index (κ2) is 7.13. The van der Waals surface area contributed by atoms with Crippen LogP contribution in [0.4, 0.5) is 0 Å². The maximum Gasteiger partial charge on any atom is 0.0465 e. The zero-order valence-electron chi connectivity index (χ0n) is 9.76. The molecule has 0 aliphatic heterocycles. The Labute approximate surface area is 108 Å². The lowest BCUT2D eigenvalue weighted by Gasteiger charge is -2.17. The van der Waals surface area contributed by atoms with E-state index < -0.39 is 0 Å². The lowest BCUT2D eigenvalue weighted by molar-refractivity contribution is 0.321. The normalized spacial score (nSPS) is 11.1. The number of halogens is 2. The van der Waals surface area contributed by atoms with Crippen molar-refractivity contribution in [1.82, 2.24) is 10.2 Å². The van der Waals surface area contributed by atoms with Gasteiger partial charge in [-0.1, -0.05) is 29.3 Å². The van der Waals surface area contributed by atoms with Crippen molar-refractivity contribution >= 4 is 23.2 Å². The standard InChI is InChI=1S/C12H18Cl2N2/c1-15-6-3-7-16(2)9-10-4-5-11(13)8-12(10)14/h4-5,8,15H,3,6-7,9H2,1-2H3. The summed E-state index contributed by atoms with van der Waals surface area (Å²) in [5.74, 6) is 0. The number of hydrogen-bond acceptors (Lipinski definition) is 2. The molecule has 1 rings (SSSR count). The van der Waals surface area contributed by atoms with Crippen LogP contribution in [-0.2, 0) is 6.54 Å². The Morgan fingerprint density at radius 3 is 2.69 bits per heavy atom. The molecule has 0 fully saturated rings. The minimum Gasteiger partial charge on any atom is -0.320 e. The van der Waals surface area contributed by atoms with Gasteiger partial charge in [0.15, 0.2) is 0 Å². The number of rotatable bonds is 6. The number of benzene rings is 1. The van der Waals surface area contributed by atoms with Crippen LogP contribution in [0.15, 0.2) is 18.2 Å². The Morgan fingerprint density at radius 2 is 2.06 bits per heavy atom. The molecule has 0 atom stereocenters. The highest BCUT2D eigenvalue weighted by Gasteiger charge is 2.04. The van der Waals surface area contributed by atoms with E-state index in [9.17, 15) is 0 Å². The van der Waals surface area contributed by atoms with Gasteiger partial charge >= 0.3 is 0 Å². The molecule has 0 amide bonds. The van der Waals surface area contributed by atoms with E-state index in [-0.39, 0.29) is 0 Å². The quantitative estimate of drug-likeness (QED) is 0.792.